The lowest BCUT2D eigenvalue weighted by atomic mass is 10.2. The molecule has 1 fully saturated rings. The number of anilines is 2. The normalized spacial score (nSPS) is 14.9. The summed E-state index contributed by atoms with van der Waals surface area (Å²) in [6.45, 7) is 2.23. The molecular formula is C14H20ClN3O2S. The molecule has 0 radical (unpaired) electrons. The molecule has 0 aliphatic carbocycles. The number of hydrogen-bond donors (Lipinski definition) is 2. The van der Waals surface area contributed by atoms with Gasteiger partial charge in [0.05, 0.1) is 17.3 Å². The van der Waals surface area contributed by atoms with E-state index in [1.807, 2.05) is 23.9 Å². The Hall–Kier alpha value is -1.11. The largest absolute Gasteiger partial charge is 0.395 e. The first-order valence-electron chi connectivity index (χ1n) is 6.87. The van der Waals surface area contributed by atoms with Crippen LogP contribution in [0.1, 0.15) is 0 Å². The molecule has 0 unspecified atom stereocenters. The van der Waals surface area contributed by atoms with E-state index < -0.39 is 0 Å². The summed E-state index contributed by atoms with van der Waals surface area (Å²) < 4.78 is 0. The molecule has 0 saturated carbocycles. The SMILES string of the molecule is CN(CCO)C(=O)Nc1ccc(N2CCSCC2)c(Cl)c1. The van der Waals surface area contributed by atoms with Crippen molar-refractivity contribution in [3.8, 4) is 0 Å². The molecule has 2 N–H and O–H groups in total. The van der Waals surface area contributed by atoms with Crippen LogP contribution in [0.4, 0.5) is 16.2 Å². The van der Waals surface area contributed by atoms with Crippen molar-refractivity contribution in [2.45, 2.75) is 0 Å². The Bertz CT molecular complexity index is 495. The van der Waals surface area contributed by atoms with Crippen molar-refractivity contribution < 1.29 is 9.90 Å². The Morgan fingerprint density at radius 3 is 2.81 bits per heavy atom. The van der Waals surface area contributed by atoms with Crippen LogP contribution in [-0.2, 0) is 0 Å². The molecule has 0 bridgehead atoms. The highest BCUT2D eigenvalue weighted by Gasteiger charge is 2.15. The van der Waals surface area contributed by atoms with Gasteiger partial charge in [-0.05, 0) is 18.2 Å². The first-order valence-corrected chi connectivity index (χ1v) is 8.40. The zero-order valence-electron chi connectivity index (χ0n) is 12.0. The molecule has 1 aliphatic heterocycles. The smallest absolute Gasteiger partial charge is 0.321 e. The molecule has 1 aromatic rings. The summed E-state index contributed by atoms with van der Waals surface area (Å²) in [6.07, 6.45) is 0. The van der Waals surface area contributed by atoms with E-state index in [4.69, 9.17) is 16.7 Å². The zero-order valence-corrected chi connectivity index (χ0v) is 13.6. The van der Waals surface area contributed by atoms with Gasteiger partial charge in [0.15, 0.2) is 0 Å². The van der Waals surface area contributed by atoms with E-state index in [1.165, 1.54) is 4.90 Å². The molecule has 1 aliphatic rings. The van der Waals surface area contributed by atoms with Crippen molar-refractivity contribution in [2.24, 2.45) is 0 Å². The monoisotopic (exact) mass is 329 g/mol. The highest BCUT2D eigenvalue weighted by Crippen LogP contribution is 2.30. The number of aliphatic hydroxyl groups is 1. The lowest BCUT2D eigenvalue weighted by Crippen LogP contribution is -2.34. The maximum absolute atomic E-state index is 11.8. The Balaban J connectivity index is 2.03. The van der Waals surface area contributed by atoms with E-state index in [0.717, 1.165) is 30.3 Å². The maximum atomic E-state index is 11.8. The molecule has 5 nitrogen and oxygen atoms in total. The minimum atomic E-state index is -0.262. The molecular weight excluding hydrogens is 310 g/mol. The van der Waals surface area contributed by atoms with Gasteiger partial charge >= 0.3 is 6.03 Å². The third-order valence-electron chi connectivity index (χ3n) is 3.33. The molecule has 0 aromatic heterocycles. The van der Waals surface area contributed by atoms with Crippen LogP contribution in [0.25, 0.3) is 0 Å². The standard InChI is InChI=1S/C14H20ClN3O2S/c1-17(4-7-19)14(20)16-11-2-3-13(12(15)10-11)18-5-8-21-9-6-18/h2-3,10,19H,4-9H2,1H3,(H,16,20). The Morgan fingerprint density at radius 1 is 1.48 bits per heavy atom. The van der Waals surface area contributed by atoms with E-state index in [1.54, 1.807) is 13.1 Å². The quantitative estimate of drug-likeness (QED) is 0.890. The summed E-state index contributed by atoms with van der Waals surface area (Å²) in [4.78, 5) is 15.5. The van der Waals surface area contributed by atoms with E-state index in [-0.39, 0.29) is 12.6 Å². The first kappa shape index (κ1) is 16.3. The predicted molar refractivity (Wildman–Crippen MR) is 89.7 cm³/mol. The number of nitrogens with zero attached hydrogens (tertiary/aromatic N) is 2. The fourth-order valence-corrected chi connectivity index (χ4v) is 3.32. The lowest BCUT2D eigenvalue weighted by Gasteiger charge is -2.29. The van der Waals surface area contributed by atoms with Gasteiger partial charge in [0.2, 0.25) is 0 Å². The van der Waals surface area contributed by atoms with Gasteiger partial charge in [-0.15, -0.1) is 0 Å². The van der Waals surface area contributed by atoms with Gasteiger partial charge < -0.3 is 20.2 Å². The summed E-state index contributed by atoms with van der Waals surface area (Å²) in [5.41, 5.74) is 1.67. The summed E-state index contributed by atoms with van der Waals surface area (Å²) in [7, 11) is 1.63. The molecule has 2 amide bonds. The number of carbonyl (C=O) groups is 1. The fourth-order valence-electron chi connectivity index (χ4n) is 2.12. The molecule has 116 valence electrons. The van der Waals surface area contributed by atoms with Gasteiger partial charge in [0, 0.05) is 43.9 Å². The fraction of sp³-hybridized carbons (Fsp3) is 0.500. The minimum Gasteiger partial charge on any atom is -0.395 e. The van der Waals surface area contributed by atoms with Gasteiger partial charge in [0.1, 0.15) is 0 Å². The van der Waals surface area contributed by atoms with E-state index in [2.05, 4.69) is 10.2 Å². The van der Waals surface area contributed by atoms with Gasteiger partial charge in [-0.25, -0.2) is 4.79 Å². The number of amides is 2. The van der Waals surface area contributed by atoms with Crippen LogP contribution in [0.15, 0.2) is 18.2 Å². The highest BCUT2D eigenvalue weighted by atomic mass is 35.5. The number of benzene rings is 1. The summed E-state index contributed by atoms with van der Waals surface area (Å²) in [6, 6.07) is 5.30. The number of aliphatic hydroxyl groups excluding tert-OH is 1. The zero-order chi connectivity index (χ0) is 15.2. The Morgan fingerprint density at radius 2 is 2.19 bits per heavy atom. The molecule has 0 spiro atoms. The van der Waals surface area contributed by atoms with E-state index >= 15 is 0 Å². The summed E-state index contributed by atoms with van der Waals surface area (Å²) in [5, 5.41) is 12.2. The second-order valence-electron chi connectivity index (χ2n) is 4.84. The third-order valence-corrected chi connectivity index (χ3v) is 4.58. The molecule has 1 heterocycles. The van der Waals surface area contributed by atoms with Gasteiger partial charge in [-0.1, -0.05) is 11.6 Å². The Kier molecular flexibility index (Phi) is 6.02. The number of nitrogens with one attached hydrogen (secondary N) is 1. The molecule has 1 saturated heterocycles. The average Bonchev–Trinajstić information content (AvgIpc) is 2.48. The number of halogens is 1. The van der Waals surface area contributed by atoms with Gasteiger partial charge in [0.25, 0.3) is 0 Å². The first-order chi connectivity index (χ1) is 10.1. The summed E-state index contributed by atoms with van der Waals surface area (Å²) >= 11 is 8.28. The van der Waals surface area contributed by atoms with Crippen LogP contribution in [0.2, 0.25) is 5.02 Å². The number of urea groups is 1. The van der Waals surface area contributed by atoms with Crippen LogP contribution in [-0.4, -0.2) is 60.8 Å². The molecule has 2 rings (SSSR count). The maximum Gasteiger partial charge on any atom is 0.321 e. The number of carbonyl (C=O) groups excluding carboxylic acids is 1. The van der Waals surface area contributed by atoms with Crippen molar-refractivity contribution in [2.75, 3.05) is 55.0 Å². The van der Waals surface area contributed by atoms with E-state index in [0.29, 0.717) is 17.3 Å². The van der Waals surface area contributed by atoms with Crippen molar-refractivity contribution in [1.29, 1.82) is 0 Å². The van der Waals surface area contributed by atoms with Crippen LogP contribution in [0.3, 0.4) is 0 Å². The molecule has 21 heavy (non-hydrogen) atoms. The van der Waals surface area contributed by atoms with Crippen molar-refractivity contribution in [1.82, 2.24) is 4.90 Å². The Labute approximate surface area is 134 Å². The number of hydrogen-bond acceptors (Lipinski definition) is 4. The average molecular weight is 330 g/mol. The van der Waals surface area contributed by atoms with Gasteiger partial charge in [-0.3, -0.25) is 0 Å². The summed E-state index contributed by atoms with van der Waals surface area (Å²) in [5.74, 6) is 2.22. The van der Waals surface area contributed by atoms with Crippen LogP contribution in [0, 0.1) is 0 Å². The van der Waals surface area contributed by atoms with Crippen LogP contribution in [0.5, 0.6) is 0 Å². The van der Waals surface area contributed by atoms with Crippen molar-refractivity contribution in [3.05, 3.63) is 23.2 Å². The molecule has 1 aromatic carbocycles. The van der Waals surface area contributed by atoms with Crippen LogP contribution >= 0.6 is 23.4 Å². The number of thioether (sulfide) groups is 1. The molecule has 7 heteroatoms. The van der Waals surface area contributed by atoms with E-state index in [9.17, 15) is 4.79 Å². The predicted octanol–water partition coefficient (Wildman–Crippen LogP) is 2.35. The van der Waals surface area contributed by atoms with Crippen molar-refractivity contribution in [3.63, 3.8) is 0 Å². The van der Waals surface area contributed by atoms with Gasteiger partial charge in [-0.2, -0.15) is 11.8 Å². The lowest BCUT2D eigenvalue weighted by molar-refractivity contribution is 0.202. The second kappa shape index (κ2) is 7.77. The topological polar surface area (TPSA) is 55.8 Å². The number of likely N-dealkylation sites (N-methyl/N-ethyl adjacent to an activating group) is 1. The third kappa shape index (κ3) is 4.43. The second-order valence-corrected chi connectivity index (χ2v) is 6.47. The molecule has 0 atom stereocenters. The van der Waals surface area contributed by atoms with Crippen LogP contribution < -0.4 is 10.2 Å². The minimum absolute atomic E-state index is 0.0589. The number of rotatable bonds is 4. The highest BCUT2D eigenvalue weighted by molar-refractivity contribution is 7.99. The van der Waals surface area contributed by atoms with Crippen molar-refractivity contribution >= 4 is 40.8 Å².